The van der Waals surface area contributed by atoms with E-state index in [0.717, 1.165) is 38.7 Å². The van der Waals surface area contributed by atoms with E-state index in [4.69, 9.17) is 5.73 Å². The van der Waals surface area contributed by atoms with E-state index in [2.05, 4.69) is 28.8 Å². The molecule has 16 heavy (non-hydrogen) atoms. The topological polar surface area (TPSA) is 44.9 Å². The van der Waals surface area contributed by atoms with Crippen molar-refractivity contribution in [1.29, 1.82) is 0 Å². The fraction of sp³-hybridized carbons (Fsp3) is 0.917. The van der Waals surface area contributed by atoms with Gasteiger partial charge in [0.15, 0.2) is 5.96 Å². The monoisotopic (exact) mass is 226 g/mol. The highest BCUT2D eigenvalue weighted by Gasteiger charge is 2.10. The van der Waals surface area contributed by atoms with Crippen LogP contribution in [0.5, 0.6) is 0 Å². The molecule has 94 valence electrons. The molecule has 1 fully saturated rings. The van der Waals surface area contributed by atoms with Crippen molar-refractivity contribution in [2.24, 2.45) is 10.7 Å². The van der Waals surface area contributed by atoms with Crippen LogP contribution in [-0.2, 0) is 0 Å². The maximum Gasteiger partial charge on any atom is 0.191 e. The van der Waals surface area contributed by atoms with Crippen LogP contribution in [0, 0.1) is 0 Å². The van der Waals surface area contributed by atoms with Crippen LogP contribution in [0.3, 0.4) is 0 Å². The second-order valence-electron chi connectivity index (χ2n) is 4.54. The molecule has 2 N–H and O–H groups in total. The first-order chi connectivity index (χ1) is 7.74. The maximum atomic E-state index is 6.00. The lowest BCUT2D eigenvalue weighted by atomic mass is 10.2. The number of hydrogen-bond donors (Lipinski definition) is 1. The van der Waals surface area contributed by atoms with E-state index in [0.29, 0.717) is 0 Å². The summed E-state index contributed by atoms with van der Waals surface area (Å²) in [5.74, 6) is 0.742. The van der Waals surface area contributed by atoms with E-state index in [9.17, 15) is 0 Å². The Kier molecular flexibility index (Phi) is 6.23. The minimum atomic E-state index is 0.742. The normalized spacial score (nSPS) is 18.9. The minimum Gasteiger partial charge on any atom is -0.370 e. The van der Waals surface area contributed by atoms with Crippen LogP contribution in [0.25, 0.3) is 0 Å². The van der Waals surface area contributed by atoms with Crippen molar-refractivity contribution in [3.05, 3.63) is 0 Å². The SMILES string of the molecule is CCN(C)CCN=C(N)N1CCCCCC1. The lowest BCUT2D eigenvalue weighted by molar-refractivity contribution is 0.361. The van der Waals surface area contributed by atoms with Gasteiger partial charge in [-0.15, -0.1) is 0 Å². The Morgan fingerprint density at radius 1 is 1.25 bits per heavy atom. The molecule has 1 aliphatic rings. The van der Waals surface area contributed by atoms with Crippen molar-refractivity contribution in [3.63, 3.8) is 0 Å². The molecular weight excluding hydrogens is 200 g/mol. The zero-order valence-electron chi connectivity index (χ0n) is 10.8. The number of hydrogen-bond acceptors (Lipinski definition) is 2. The van der Waals surface area contributed by atoms with Crippen LogP contribution in [0.1, 0.15) is 32.6 Å². The van der Waals surface area contributed by atoms with Crippen LogP contribution in [0.15, 0.2) is 4.99 Å². The Morgan fingerprint density at radius 3 is 2.44 bits per heavy atom. The number of nitrogens with two attached hydrogens (primary N) is 1. The molecule has 0 unspecified atom stereocenters. The van der Waals surface area contributed by atoms with Crippen molar-refractivity contribution in [2.45, 2.75) is 32.6 Å². The van der Waals surface area contributed by atoms with Crippen LogP contribution in [0.2, 0.25) is 0 Å². The van der Waals surface area contributed by atoms with Crippen molar-refractivity contribution in [3.8, 4) is 0 Å². The lowest BCUT2D eigenvalue weighted by Gasteiger charge is -2.21. The molecule has 0 atom stereocenters. The molecule has 0 aromatic rings. The van der Waals surface area contributed by atoms with Gasteiger partial charge in [-0.05, 0) is 26.4 Å². The molecule has 0 spiro atoms. The third kappa shape index (κ3) is 4.84. The van der Waals surface area contributed by atoms with E-state index in [-0.39, 0.29) is 0 Å². The smallest absolute Gasteiger partial charge is 0.191 e. The van der Waals surface area contributed by atoms with Gasteiger partial charge < -0.3 is 15.5 Å². The highest BCUT2D eigenvalue weighted by molar-refractivity contribution is 5.78. The molecule has 1 aliphatic heterocycles. The third-order valence-corrected chi connectivity index (χ3v) is 3.23. The summed E-state index contributed by atoms with van der Waals surface area (Å²) in [6.07, 6.45) is 5.18. The molecule has 4 heteroatoms. The Balaban J connectivity index is 2.30. The van der Waals surface area contributed by atoms with Gasteiger partial charge in [0.1, 0.15) is 0 Å². The van der Waals surface area contributed by atoms with Crippen molar-refractivity contribution in [2.75, 3.05) is 39.8 Å². The van der Waals surface area contributed by atoms with Gasteiger partial charge in [-0.2, -0.15) is 0 Å². The molecule has 1 rings (SSSR count). The predicted molar refractivity (Wildman–Crippen MR) is 69.7 cm³/mol. The Morgan fingerprint density at radius 2 is 1.88 bits per heavy atom. The zero-order valence-corrected chi connectivity index (χ0v) is 10.8. The standard InChI is InChI=1S/C12H26N4/c1-3-15(2)11-8-14-12(13)16-9-6-4-5-7-10-16/h3-11H2,1-2H3,(H2,13,14). The Hall–Kier alpha value is -0.770. The van der Waals surface area contributed by atoms with Gasteiger partial charge in [0.25, 0.3) is 0 Å². The molecule has 4 nitrogen and oxygen atoms in total. The molecule has 0 radical (unpaired) electrons. The van der Waals surface area contributed by atoms with Crippen molar-refractivity contribution in [1.82, 2.24) is 9.80 Å². The van der Waals surface area contributed by atoms with Gasteiger partial charge in [-0.1, -0.05) is 19.8 Å². The first-order valence-corrected chi connectivity index (χ1v) is 6.47. The summed E-state index contributed by atoms with van der Waals surface area (Å²) in [5, 5.41) is 0. The third-order valence-electron chi connectivity index (χ3n) is 3.23. The molecule has 0 saturated carbocycles. The lowest BCUT2D eigenvalue weighted by Crippen LogP contribution is -2.38. The Labute approximate surface area is 99.5 Å². The van der Waals surface area contributed by atoms with E-state index in [1.54, 1.807) is 0 Å². The van der Waals surface area contributed by atoms with E-state index < -0.39 is 0 Å². The van der Waals surface area contributed by atoms with Gasteiger partial charge in [0, 0.05) is 19.6 Å². The molecule has 0 aliphatic carbocycles. The summed E-state index contributed by atoms with van der Waals surface area (Å²) in [5.41, 5.74) is 6.00. The second kappa shape index (κ2) is 7.49. The molecule has 1 heterocycles. The highest BCUT2D eigenvalue weighted by Crippen LogP contribution is 2.08. The van der Waals surface area contributed by atoms with E-state index in [1.807, 2.05) is 0 Å². The van der Waals surface area contributed by atoms with Crippen LogP contribution in [-0.4, -0.2) is 55.5 Å². The van der Waals surface area contributed by atoms with Gasteiger partial charge in [0.2, 0.25) is 0 Å². The molecule has 0 bridgehead atoms. The number of likely N-dealkylation sites (tertiary alicyclic amines) is 1. The van der Waals surface area contributed by atoms with Gasteiger partial charge in [-0.3, -0.25) is 4.99 Å². The van der Waals surface area contributed by atoms with E-state index >= 15 is 0 Å². The largest absolute Gasteiger partial charge is 0.370 e. The fourth-order valence-electron chi connectivity index (χ4n) is 1.89. The van der Waals surface area contributed by atoms with Gasteiger partial charge in [0.05, 0.1) is 6.54 Å². The van der Waals surface area contributed by atoms with Crippen molar-refractivity contribution < 1.29 is 0 Å². The quantitative estimate of drug-likeness (QED) is 0.577. The number of guanidine groups is 1. The summed E-state index contributed by atoms with van der Waals surface area (Å²) in [7, 11) is 2.11. The van der Waals surface area contributed by atoms with Crippen LogP contribution < -0.4 is 5.73 Å². The molecular formula is C12H26N4. The summed E-state index contributed by atoms with van der Waals surface area (Å²) in [6.45, 7) is 7.19. The first-order valence-electron chi connectivity index (χ1n) is 6.47. The summed E-state index contributed by atoms with van der Waals surface area (Å²) in [4.78, 5) is 8.94. The van der Waals surface area contributed by atoms with E-state index in [1.165, 1.54) is 25.7 Å². The number of nitrogens with zero attached hydrogens (tertiary/aromatic N) is 3. The van der Waals surface area contributed by atoms with Crippen molar-refractivity contribution >= 4 is 5.96 Å². The zero-order chi connectivity index (χ0) is 11.8. The Bertz CT molecular complexity index is 207. The summed E-state index contributed by atoms with van der Waals surface area (Å²) >= 11 is 0. The number of aliphatic imine (C=N–C) groups is 1. The molecule has 0 amide bonds. The predicted octanol–water partition coefficient (Wildman–Crippen LogP) is 1.13. The number of rotatable bonds is 4. The van der Waals surface area contributed by atoms with Crippen LogP contribution in [0.4, 0.5) is 0 Å². The minimum absolute atomic E-state index is 0.742. The molecule has 0 aromatic heterocycles. The molecule has 1 saturated heterocycles. The fourth-order valence-corrected chi connectivity index (χ4v) is 1.89. The highest BCUT2D eigenvalue weighted by atomic mass is 15.3. The first kappa shape index (κ1) is 13.3. The van der Waals surface area contributed by atoms with Gasteiger partial charge in [-0.25, -0.2) is 0 Å². The van der Waals surface area contributed by atoms with Crippen LogP contribution >= 0.6 is 0 Å². The summed E-state index contributed by atoms with van der Waals surface area (Å²) in [6, 6.07) is 0. The second-order valence-corrected chi connectivity index (χ2v) is 4.54. The average molecular weight is 226 g/mol. The summed E-state index contributed by atoms with van der Waals surface area (Å²) < 4.78 is 0. The average Bonchev–Trinajstić information content (AvgIpc) is 2.57. The van der Waals surface area contributed by atoms with Gasteiger partial charge >= 0.3 is 0 Å². The maximum absolute atomic E-state index is 6.00. The number of likely N-dealkylation sites (N-methyl/N-ethyl adjacent to an activating group) is 1. The molecule has 0 aromatic carbocycles.